The molecule has 0 spiro atoms. The van der Waals surface area contributed by atoms with Gasteiger partial charge in [-0.3, -0.25) is 4.79 Å². The van der Waals surface area contributed by atoms with Gasteiger partial charge < -0.3 is 4.57 Å². The second kappa shape index (κ2) is 9.83. The molecule has 0 unspecified atom stereocenters. The molecule has 0 atom stereocenters. The van der Waals surface area contributed by atoms with Crippen molar-refractivity contribution in [3.8, 4) is 44.5 Å². The van der Waals surface area contributed by atoms with Crippen LogP contribution in [0.5, 0.6) is 0 Å². The Bertz CT molecular complexity index is 2020. The molecule has 40 heavy (non-hydrogen) atoms. The maximum Gasteiger partial charge on any atom is 0.150 e. The molecule has 0 aliphatic carbocycles. The maximum absolute atomic E-state index is 12.1. The van der Waals surface area contributed by atoms with Crippen molar-refractivity contribution in [2.24, 2.45) is 7.05 Å². The standard InChI is InChI=1S/C38H27NO/c1-39-37-20-19-30(27-13-6-3-7-14-27)22-34(37)36-24-32(23-35(38(36)39)33-18-9-8-15-31(33)25-40)29-17-10-16-28(21-29)26-11-4-2-5-12-26/h2-25H,1H3. The van der Waals surface area contributed by atoms with Crippen LogP contribution in [0.15, 0.2) is 140 Å². The first-order valence-corrected chi connectivity index (χ1v) is 13.5. The summed E-state index contributed by atoms with van der Waals surface area (Å²) in [5.74, 6) is 0. The lowest BCUT2D eigenvalue weighted by Crippen LogP contribution is -1.94. The fraction of sp³-hybridized carbons (Fsp3) is 0.0263. The van der Waals surface area contributed by atoms with Gasteiger partial charge >= 0.3 is 0 Å². The van der Waals surface area contributed by atoms with E-state index in [2.05, 4.69) is 121 Å². The molecule has 0 radical (unpaired) electrons. The fourth-order valence-corrected chi connectivity index (χ4v) is 5.90. The van der Waals surface area contributed by atoms with Crippen LogP contribution in [-0.4, -0.2) is 10.9 Å². The zero-order chi connectivity index (χ0) is 27.1. The lowest BCUT2D eigenvalue weighted by molar-refractivity contribution is 0.112. The average Bonchev–Trinajstić information content (AvgIpc) is 3.32. The summed E-state index contributed by atoms with van der Waals surface area (Å²) in [4.78, 5) is 12.1. The number of hydrogen-bond donors (Lipinski definition) is 0. The smallest absolute Gasteiger partial charge is 0.150 e. The van der Waals surface area contributed by atoms with Crippen molar-refractivity contribution in [2.45, 2.75) is 0 Å². The van der Waals surface area contributed by atoms with Gasteiger partial charge in [0.15, 0.2) is 6.29 Å². The number of hydrogen-bond acceptors (Lipinski definition) is 1. The minimum absolute atomic E-state index is 0.689. The van der Waals surface area contributed by atoms with E-state index in [9.17, 15) is 4.79 Å². The highest BCUT2D eigenvalue weighted by Gasteiger charge is 2.18. The molecule has 7 rings (SSSR count). The van der Waals surface area contributed by atoms with Crippen LogP contribution in [0.1, 0.15) is 10.4 Å². The Labute approximate surface area is 233 Å². The number of aromatic nitrogens is 1. The van der Waals surface area contributed by atoms with Crippen LogP contribution >= 0.6 is 0 Å². The molecular weight excluding hydrogens is 486 g/mol. The summed E-state index contributed by atoms with van der Waals surface area (Å²) in [6, 6.07) is 48.8. The Kier molecular flexibility index (Phi) is 5.87. The van der Waals surface area contributed by atoms with Crippen molar-refractivity contribution in [2.75, 3.05) is 0 Å². The number of carbonyl (C=O) groups is 1. The number of fused-ring (bicyclic) bond motifs is 3. The van der Waals surface area contributed by atoms with E-state index in [-0.39, 0.29) is 0 Å². The fourth-order valence-electron chi connectivity index (χ4n) is 5.90. The van der Waals surface area contributed by atoms with Gasteiger partial charge in [0.2, 0.25) is 0 Å². The van der Waals surface area contributed by atoms with Crippen LogP contribution < -0.4 is 0 Å². The molecular formula is C38H27NO. The van der Waals surface area contributed by atoms with Gasteiger partial charge in [-0.2, -0.15) is 0 Å². The zero-order valence-electron chi connectivity index (χ0n) is 22.2. The predicted octanol–water partition coefficient (Wildman–Crippen LogP) is 9.81. The molecule has 0 aliphatic heterocycles. The highest BCUT2D eigenvalue weighted by molar-refractivity contribution is 6.15. The van der Waals surface area contributed by atoms with Crippen molar-refractivity contribution < 1.29 is 4.79 Å². The molecule has 0 fully saturated rings. The number of carbonyl (C=O) groups excluding carboxylic acids is 1. The molecule has 1 heterocycles. The van der Waals surface area contributed by atoms with Gasteiger partial charge in [0, 0.05) is 34.5 Å². The topological polar surface area (TPSA) is 22.0 Å². The van der Waals surface area contributed by atoms with E-state index in [1.165, 1.54) is 33.0 Å². The minimum Gasteiger partial charge on any atom is -0.343 e. The Balaban J connectivity index is 1.54. The summed E-state index contributed by atoms with van der Waals surface area (Å²) in [6.07, 6.45) is 0.958. The van der Waals surface area contributed by atoms with Crippen LogP contribution in [0.4, 0.5) is 0 Å². The Morgan fingerprint density at radius 3 is 1.75 bits per heavy atom. The van der Waals surface area contributed by atoms with Gasteiger partial charge in [0.05, 0.1) is 5.52 Å². The van der Waals surface area contributed by atoms with Gasteiger partial charge in [-0.15, -0.1) is 0 Å². The Hall–Kier alpha value is -5.21. The van der Waals surface area contributed by atoms with Crippen LogP contribution in [0, 0.1) is 0 Å². The number of aldehydes is 1. The molecule has 7 aromatic rings. The molecule has 0 saturated heterocycles. The number of nitrogens with zero attached hydrogens (tertiary/aromatic N) is 1. The lowest BCUT2D eigenvalue weighted by Gasteiger charge is -2.13. The van der Waals surface area contributed by atoms with Gasteiger partial charge in [0.1, 0.15) is 0 Å². The van der Waals surface area contributed by atoms with E-state index < -0.39 is 0 Å². The van der Waals surface area contributed by atoms with Crippen LogP contribution in [-0.2, 0) is 7.05 Å². The van der Waals surface area contributed by atoms with Gasteiger partial charge in [0.25, 0.3) is 0 Å². The third-order valence-corrected chi connectivity index (χ3v) is 7.88. The van der Waals surface area contributed by atoms with E-state index >= 15 is 0 Å². The largest absolute Gasteiger partial charge is 0.343 e. The summed E-state index contributed by atoms with van der Waals surface area (Å²) in [5.41, 5.74) is 12.0. The molecule has 1 aromatic heterocycles. The molecule has 0 saturated carbocycles. The maximum atomic E-state index is 12.1. The summed E-state index contributed by atoms with van der Waals surface area (Å²) in [5, 5.41) is 2.37. The van der Waals surface area contributed by atoms with E-state index in [1.54, 1.807) is 0 Å². The third kappa shape index (κ3) is 4.02. The molecule has 0 N–H and O–H groups in total. The molecule has 190 valence electrons. The number of aryl methyl sites for hydroxylation is 1. The summed E-state index contributed by atoms with van der Waals surface area (Å²) in [7, 11) is 2.12. The van der Waals surface area contributed by atoms with Crippen molar-refractivity contribution in [3.63, 3.8) is 0 Å². The van der Waals surface area contributed by atoms with Crippen molar-refractivity contribution >= 4 is 28.1 Å². The van der Waals surface area contributed by atoms with E-state index in [1.807, 2.05) is 30.3 Å². The van der Waals surface area contributed by atoms with Crippen LogP contribution in [0.3, 0.4) is 0 Å². The Morgan fingerprint density at radius 1 is 0.475 bits per heavy atom. The van der Waals surface area contributed by atoms with E-state index in [0.29, 0.717) is 5.56 Å². The van der Waals surface area contributed by atoms with Gasteiger partial charge in [-0.25, -0.2) is 0 Å². The first-order valence-electron chi connectivity index (χ1n) is 13.5. The second-order valence-corrected chi connectivity index (χ2v) is 10.2. The quantitative estimate of drug-likeness (QED) is 0.210. The van der Waals surface area contributed by atoms with Gasteiger partial charge in [-0.05, 0) is 69.3 Å². The monoisotopic (exact) mass is 513 g/mol. The SMILES string of the molecule is Cn1c2ccc(-c3ccccc3)cc2c2cc(-c3cccc(-c4ccccc4)c3)cc(-c3ccccc3C=O)c21. The van der Waals surface area contributed by atoms with Crippen molar-refractivity contribution in [1.82, 2.24) is 4.57 Å². The molecule has 6 aromatic carbocycles. The van der Waals surface area contributed by atoms with Gasteiger partial charge in [-0.1, -0.05) is 109 Å². The first-order chi connectivity index (χ1) is 19.7. The molecule has 0 aliphatic rings. The first kappa shape index (κ1) is 23.9. The second-order valence-electron chi connectivity index (χ2n) is 10.2. The summed E-state index contributed by atoms with van der Waals surface area (Å²) >= 11 is 0. The van der Waals surface area contributed by atoms with Crippen molar-refractivity contribution in [1.29, 1.82) is 0 Å². The minimum atomic E-state index is 0.689. The summed E-state index contributed by atoms with van der Waals surface area (Å²) in [6.45, 7) is 0. The van der Waals surface area contributed by atoms with Crippen molar-refractivity contribution in [3.05, 3.63) is 145 Å². The highest BCUT2D eigenvalue weighted by Crippen LogP contribution is 2.41. The zero-order valence-corrected chi connectivity index (χ0v) is 22.2. The normalized spacial score (nSPS) is 11.2. The number of rotatable bonds is 5. The molecule has 2 heteroatoms. The Morgan fingerprint density at radius 2 is 1.05 bits per heavy atom. The van der Waals surface area contributed by atoms with E-state index in [0.717, 1.165) is 39.6 Å². The van der Waals surface area contributed by atoms with E-state index in [4.69, 9.17) is 0 Å². The molecule has 2 nitrogen and oxygen atoms in total. The number of benzene rings is 6. The molecule has 0 amide bonds. The average molecular weight is 514 g/mol. The third-order valence-electron chi connectivity index (χ3n) is 7.88. The predicted molar refractivity (Wildman–Crippen MR) is 168 cm³/mol. The molecule has 0 bridgehead atoms. The lowest BCUT2D eigenvalue weighted by atomic mass is 9.92. The summed E-state index contributed by atoms with van der Waals surface area (Å²) < 4.78 is 2.26. The van der Waals surface area contributed by atoms with Crippen LogP contribution in [0.25, 0.3) is 66.3 Å². The highest BCUT2D eigenvalue weighted by atomic mass is 16.1. The van der Waals surface area contributed by atoms with Crippen LogP contribution in [0.2, 0.25) is 0 Å².